The Bertz CT molecular complexity index is 407. The van der Waals surface area contributed by atoms with E-state index in [1.165, 1.54) is 0 Å². The lowest BCUT2D eigenvalue weighted by molar-refractivity contribution is -0.115. The summed E-state index contributed by atoms with van der Waals surface area (Å²) in [4.78, 5) is 0. The van der Waals surface area contributed by atoms with Crippen LogP contribution >= 0.6 is 0 Å². The molecule has 1 aromatic carbocycles. The first-order valence-electron chi connectivity index (χ1n) is 6.21. The average molecular weight is 268 g/mol. The van der Waals surface area contributed by atoms with Crippen molar-refractivity contribution in [3.05, 3.63) is 17.7 Å². The lowest BCUT2D eigenvalue weighted by Crippen LogP contribution is -2.08. The van der Waals surface area contributed by atoms with E-state index in [0.717, 1.165) is 18.4 Å². The summed E-state index contributed by atoms with van der Waals surface area (Å²) in [7, 11) is 6.46. The fourth-order valence-corrected chi connectivity index (χ4v) is 2.31. The molecular formula is C14H20O5. The van der Waals surface area contributed by atoms with Crippen LogP contribution in [0.3, 0.4) is 0 Å². The van der Waals surface area contributed by atoms with Crippen molar-refractivity contribution in [2.75, 3.05) is 28.4 Å². The molecule has 0 aliphatic carbocycles. The third-order valence-corrected chi connectivity index (χ3v) is 3.30. The standard InChI is InChI=1S/C14H20O5/c1-15-11-7-9(8-12(16-2)14(11)18-4)10-5-6-13(17-3)19-10/h7-8,10,13H,5-6H2,1-4H3/t10-,13-/m1/s1. The van der Waals surface area contributed by atoms with E-state index in [-0.39, 0.29) is 12.4 Å². The van der Waals surface area contributed by atoms with Crippen LogP contribution in [0.2, 0.25) is 0 Å². The molecule has 5 nitrogen and oxygen atoms in total. The molecule has 1 aliphatic heterocycles. The zero-order valence-electron chi connectivity index (χ0n) is 11.8. The Balaban J connectivity index is 2.31. The Morgan fingerprint density at radius 3 is 2.00 bits per heavy atom. The molecule has 0 unspecified atom stereocenters. The Hall–Kier alpha value is -1.46. The molecule has 5 heteroatoms. The van der Waals surface area contributed by atoms with Gasteiger partial charge in [-0.25, -0.2) is 0 Å². The average Bonchev–Trinajstić information content (AvgIpc) is 2.94. The highest BCUT2D eigenvalue weighted by molar-refractivity contribution is 5.54. The molecule has 106 valence electrons. The molecule has 0 N–H and O–H groups in total. The van der Waals surface area contributed by atoms with Gasteiger partial charge in [0, 0.05) is 13.5 Å². The summed E-state index contributed by atoms with van der Waals surface area (Å²) in [6.07, 6.45) is 1.66. The van der Waals surface area contributed by atoms with Gasteiger partial charge < -0.3 is 23.7 Å². The predicted molar refractivity (Wildman–Crippen MR) is 70.0 cm³/mol. The van der Waals surface area contributed by atoms with Crippen LogP contribution in [0, 0.1) is 0 Å². The molecule has 0 aromatic heterocycles. The van der Waals surface area contributed by atoms with Gasteiger partial charge in [-0.05, 0) is 24.1 Å². The molecular weight excluding hydrogens is 248 g/mol. The van der Waals surface area contributed by atoms with Crippen molar-refractivity contribution in [1.82, 2.24) is 0 Å². The van der Waals surface area contributed by atoms with Gasteiger partial charge in [-0.2, -0.15) is 0 Å². The van der Waals surface area contributed by atoms with E-state index in [4.69, 9.17) is 23.7 Å². The van der Waals surface area contributed by atoms with Crippen molar-refractivity contribution in [2.45, 2.75) is 25.2 Å². The molecule has 0 amide bonds. The van der Waals surface area contributed by atoms with E-state index < -0.39 is 0 Å². The minimum Gasteiger partial charge on any atom is -0.493 e. The zero-order chi connectivity index (χ0) is 13.8. The molecule has 0 spiro atoms. The third-order valence-electron chi connectivity index (χ3n) is 3.30. The molecule has 19 heavy (non-hydrogen) atoms. The summed E-state index contributed by atoms with van der Waals surface area (Å²) in [6.45, 7) is 0. The largest absolute Gasteiger partial charge is 0.493 e. The minimum absolute atomic E-state index is 0.00124. The molecule has 1 aliphatic rings. The van der Waals surface area contributed by atoms with Crippen molar-refractivity contribution in [1.29, 1.82) is 0 Å². The molecule has 0 radical (unpaired) electrons. The summed E-state index contributed by atoms with van der Waals surface area (Å²) >= 11 is 0. The Morgan fingerprint density at radius 1 is 0.947 bits per heavy atom. The highest BCUT2D eigenvalue weighted by Crippen LogP contribution is 2.43. The van der Waals surface area contributed by atoms with Crippen LogP contribution in [0.5, 0.6) is 17.2 Å². The van der Waals surface area contributed by atoms with Crippen LogP contribution in [0.1, 0.15) is 24.5 Å². The van der Waals surface area contributed by atoms with Gasteiger partial charge in [0.1, 0.15) is 0 Å². The van der Waals surface area contributed by atoms with Crippen LogP contribution in [0.25, 0.3) is 0 Å². The Labute approximate surface area is 113 Å². The number of ether oxygens (including phenoxy) is 5. The van der Waals surface area contributed by atoms with Crippen LogP contribution in [0.4, 0.5) is 0 Å². The topological polar surface area (TPSA) is 46.2 Å². The lowest BCUT2D eigenvalue weighted by Gasteiger charge is -2.17. The van der Waals surface area contributed by atoms with E-state index in [9.17, 15) is 0 Å². The quantitative estimate of drug-likeness (QED) is 0.821. The fourth-order valence-electron chi connectivity index (χ4n) is 2.31. The van der Waals surface area contributed by atoms with E-state index in [2.05, 4.69) is 0 Å². The van der Waals surface area contributed by atoms with Crippen LogP contribution in [-0.4, -0.2) is 34.7 Å². The molecule has 1 aromatic rings. The van der Waals surface area contributed by atoms with Gasteiger partial charge in [-0.1, -0.05) is 0 Å². The van der Waals surface area contributed by atoms with E-state index in [0.29, 0.717) is 17.2 Å². The first-order valence-corrected chi connectivity index (χ1v) is 6.21. The van der Waals surface area contributed by atoms with Crippen molar-refractivity contribution in [2.24, 2.45) is 0 Å². The van der Waals surface area contributed by atoms with Crippen molar-refractivity contribution in [3.8, 4) is 17.2 Å². The highest BCUT2D eigenvalue weighted by Gasteiger charge is 2.28. The Morgan fingerprint density at radius 2 is 1.58 bits per heavy atom. The number of rotatable bonds is 5. The van der Waals surface area contributed by atoms with Crippen molar-refractivity contribution < 1.29 is 23.7 Å². The normalized spacial score (nSPS) is 22.3. The summed E-state index contributed by atoms with van der Waals surface area (Å²) in [5.41, 5.74) is 1.01. The fraction of sp³-hybridized carbons (Fsp3) is 0.571. The second-order valence-corrected chi connectivity index (χ2v) is 4.33. The SMILES string of the molecule is COc1cc([C@H]2CC[C@H](OC)O2)cc(OC)c1OC. The number of hydrogen-bond donors (Lipinski definition) is 0. The zero-order valence-corrected chi connectivity index (χ0v) is 11.8. The maximum absolute atomic E-state index is 5.79. The molecule has 1 heterocycles. The number of methoxy groups -OCH3 is 4. The lowest BCUT2D eigenvalue weighted by atomic mass is 10.1. The molecule has 0 saturated carbocycles. The van der Waals surface area contributed by atoms with Gasteiger partial charge in [-0.3, -0.25) is 0 Å². The van der Waals surface area contributed by atoms with Gasteiger partial charge in [0.25, 0.3) is 0 Å². The summed E-state index contributed by atoms with van der Waals surface area (Å²) < 4.78 is 27.0. The van der Waals surface area contributed by atoms with Gasteiger partial charge in [0.15, 0.2) is 17.8 Å². The molecule has 2 atom stereocenters. The van der Waals surface area contributed by atoms with Crippen LogP contribution < -0.4 is 14.2 Å². The maximum Gasteiger partial charge on any atom is 0.203 e. The van der Waals surface area contributed by atoms with Gasteiger partial charge in [0.05, 0.1) is 27.4 Å². The number of benzene rings is 1. The first kappa shape index (κ1) is 14.0. The van der Waals surface area contributed by atoms with Crippen LogP contribution in [-0.2, 0) is 9.47 Å². The highest BCUT2D eigenvalue weighted by atomic mass is 16.7. The Kier molecular flexibility index (Phi) is 4.50. The van der Waals surface area contributed by atoms with E-state index in [1.807, 2.05) is 12.1 Å². The molecule has 1 saturated heterocycles. The third kappa shape index (κ3) is 2.77. The first-order chi connectivity index (χ1) is 9.23. The monoisotopic (exact) mass is 268 g/mol. The molecule has 0 bridgehead atoms. The molecule has 2 rings (SSSR count). The molecule has 1 fully saturated rings. The summed E-state index contributed by atoms with van der Waals surface area (Å²) in [5.74, 6) is 1.87. The second kappa shape index (κ2) is 6.12. The van der Waals surface area contributed by atoms with Crippen molar-refractivity contribution >= 4 is 0 Å². The van der Waals surface area contributed by atoms with Gasteiger partial charge in [-0.15, -0.1) is 0 Å². The summed E-state index contributed by atoms with van der Waals surface area (Å²) in [6, 6.07) is 3.84. The van der Waals surface area contributed by atoms with E-state index in [1.54, 1.807) is 28.4 Å². The van der Waals surface area contributed by atoms with Gasteiger partial charge in [0.2, 0.25) is 5.75 Å². The predicted octanol–water partition coefficient (Wildman–Crippen LogP) is 2.54. The minimum atomic E-state index is -0.135. The van der Waals surface area contributed by atoms with Crippen LogP contribution in [0.15, 0.2) is 12.1 Å². The van der Waals surface area contributed by atoms with Gasteiger partial charge >= 0.3 is 0 Å². The van der Waals surface area contributed by atoms with E-state index >= 15 is 0 Å². The summed E-state index contributed by atoms with van der Waals surface area (Å²) in [5, 5.41) is 0. The smallest absolute Gasteiger partial charge is 0.203 e. The van der Waals surface area contributed by atoms with Crippen molar-refractivity contribution in [3.63, 3.8) is 0 Å². The number of hydrogen-bond acceptors (Lipinski definition) is 5. The second-order valence-electron chi connectivity index (χ2n) is 4.33. The maximum atomic E-state index is 5.79.